The van der Waals surface area contributed by atoms with Gasteiger partial charge in [-0.1, -0.05) is 11.8 Å². The number of H-pyrrole nitrogens is 1. The molecular weight excluding hydrogens is 252 g/mol. The Balaban J connectivity index is 2.42. The highest BCUT2D eigenvalue weighted by atomic mass is 35.5. The smallest absolute Gasteiger partial charge is 0.316 e. The fourth-order valence-electron chi connectivity index (χ4n) is 1.08. The molecule has 2 aromatic heterocycles. The van der Waals surface area contributed by atoms with E-state index in [4.69, 9.17) is 16.7 Å². The number of hydrogen-bond acceptors (Lipinski definition) is 5. The van der Waals surface area contributed by atoms with E-state index in [1.54, 1.807) is 6.92 Å². The molecule has 0 saturated heterocycles. The summed E-state index contributed by atoms with van der Waals surface area (Å²) in [7, 11) is 0. The second kappa shape index (κ2) is 4.26. The fraction of sp³-hybridized carbons (Fsp3) is 0.250. The molecule has 16 heavy (non-hydrogen) atoms. The lowest BCUT2D eigenvalue weighted by molar-refractivity contribution is -0.136. The molecule has 0 fully saturated rings. The maximum absolute atomic E-state index is 10.7. The predicted octanol–water partition coefficient (Wildman–Crippen LogP) is 1.57. The number of aliphatic carboxylic acids is 1. The largest absolute Gasteiger partial charge is 0.480 e. The summed E-state index contributed by atoms with van der Waals surface area (Å²) in [5, 5.41) is 8.74. The minimum absolute atomic E-state index is 0.0553. The normalized spacial score (nSPS) is 12.9. The highest BCUT2D eigenvalue weighted by Crippen LogP contribution is 2.27. The summed E-state index contributed by atoms with van der Waals surface area (Å²) in [6.45, 7) is 1.57. The number of imidazole rings is 1. The molecule has 1 unspecified atom stereocenters. The number of carboxylic acids is 1. The number of aromatic amines is 1. The van der Waals surface area contributed by atoms with E-state index in [1.165, 1.54) is 6.33 Å². The zero-order valence-electron chi connectivity index (χ0n) is 8.14. The molecule has 8 heteroatoms. The Morgan fingerprint density at radius 2 is 2.38 bits per heavy atom. The predicted molar refractivity (Wildman–Crippen MR) is 59.6 cm³/mol. The van der Waals surface area contributed by atoms with Crippen molar-refractivity contribution in [1.29, 1.82) is 0 Å². The van der Waals surface area contributed by atoms with Crippen LogP contribution in [-0.2, 0) is 4.79 Å². The molecular formula is C8H7ClN4O2S. The number of nitrogens with one attached hydrogen (secondary N) is 1. The Hall–Kier alpha value is -1.34. The lowest BCUT2D eigenvalue weighted by Crippen LogP contribution is -2.11. The number of carboxylic acid groups (broad SMARTS) is 1. The first kappa shape index (κ1) is 11.2. The third-order valence-electron chi connectivity index (χ3n) is 1.86. The monoisotopic (exact) mass is 258 g/mol. The third-order valence-corrected chi connectivity index (χ3v) is 3.10. The molecule has 0 radical (unpaired) electrons. The van der Waals surface area contributed by atoms with Crippen LogP contribution in [-0.4, -0.2) is 36.3 Å². The molecule has 2 N–H and O–H groups in total. The van der Waals surface area contributed by atoms with Crippen LogP contribution in [0.4, 0.5) is 0 Å². The van der Waals surface area contributed by atoms with Crippen LogP contribution in [0.15, 0.2) is 11.4 Å². The molecule has 0 aromatic carbocycles. The van der Waals surface area contributed by atoms with E-state index in [-0.39, 0.29) is 5.28 Å². The number of hydrogen-bond donors (Lipinski definition) is 2. The van der Waals surface area contributed by atoms with Crippen LogP contribution in [0.1, 0.15) is 6.92 Å². The van der Waals surface area contributed by atoms with Gasteiger partial charge >= 0.3 is 5.97 Å². The first-order chi connectivity index (χ1) is 7.58. The topological polar surface area (TPSA) is 91.8 Å². The van der Waals surface area contributed by atoms with Crippen LogP contribution in [0, 0.1) is 0 Å². The van der Waals surface area contributed by atoms with E-state index in [0.29, 0.717) is 16.2 Å². The van der Waals surface area contributed by atoms with Crippen LogP contribution in [0.5, 0.6) is 0 Å². The molecule has 0 saturated carbocycles. The molecule has 0 aliphatic heterocycles. The van der Waals surface area contributed by atoms with E-state index in [1.807, 2.05) is 0 Å². The highest BCUT2D eigenvalue weighted by Gasteiger charge is 2.17. The number of nitrogens with zero attached hydrogens (tertiary/aromatic N) is 3. The van der Waals surface area contributed by atoms with Crippen molar-refractivity contribution in [3.63, 3.8) is 0 Å². The SMILES string of the molecule is CC(Sc1nc(Cl)nc2nc[nH]c12)C(=O)O. The molecule has 6 nitrogen and oxygen atoms in total. The molecule has 2 rings (SSSR count). The Morgan fingerprint density at radius 3 is 3.06 bits per heavy atom. The Morgan fingerprint density at radius 1 is 1.62 bits per heavy atom. The van der Waals surface area contributed by atoms with Gasteiger partial charge in [0.2, 0.25) is 5.28 Å². The number of aromatic nitrogens is 4. The van der Waals surface area contributed by atoms with E-state index < -0.39 is 11.2 Å². The van der Waals surface area contributed by atoms with Crippen molar-refractivity contribution in [3.05, 3.63) is 11.6 Å². The maximum Gasteiger partial charge on any atom is 0.316 e. The molecule has 2 heterocycles. The van der Waals surface area contributed by atoms with Gasteiger partial charge in [-0.2, -0.15) is 4.98 Å². The van der Waals surface area contributed by atoms with Crippen molar-refractivity contribution in [2.24, 2.45) is 0 Å². The zero-order valence-corrected chi connectivity index (χ0v) is 9.71. The molecule has 0 spiro atoms. The van der Waals surface area contributed by atoms with E-state index in [9.17, 15) is 4.79 Å². The first-order valence-corrected chi connectivity index (χ1v) is 5.60. The number of rotatable bonds is 3. The average Bonchev–Trinajstić information content (AvgIpc) is 2.65. The van der Waals surface area contributed by atoms with E-state index in [2.05, 4.69) is 19.9 Å². The second-order valence-electron chi connectivity index (χ2n) is 3.00. The molecule has 84 valence electrons. The summed E-state index contributed by atoms with van der Waals surface area (Å²) in [6, 6.07) is 0. The van der Waals surface area contributed by atoms with E-state index >= 15 is 0 Å². The van der Waals surface area contributed by atoms with Crippen LogP contribution >= 0.6 is 23.4 Å². The van der Waals surface area contributed by atoms with Gasteiger partial charge in [-0.25, -0.2) is 9.97 Å². The first-order valence-electron chi connectivity index (χ1n) is 4.34. The van der Waals surface area contributed by atoms with Gasteiger partial charge in [0.1, 0.15) is 15.8 Å². The van der Waals surface area contributed by atoms with Crippen LogP contribution < -0.4 is 0 Å². The highest BCUT2D eigenvalue weighted by molar-refractivity contribution is 8.00. The van der Waals surface area contributed by atoms with Gasteiger partial charge in [-0.3, -0.25) is 4.79 Å². The second-order valence-corrected chi connectivity index (χ2v) is 4.66. The quantitative estimate of drug-likeness (QED) is 0.493. The molecule has 1 atom stereocenters. The maximum atomic E-state index is 10.7. The minimum Gasteiger partial charge on any atom is -0.480 e. The summed E-state index contributed by atoms with van der Waals surface area (Å²) in [5.74, 6) is -0.910. The summed E-state index contributed by atoms with van der Waals surface area (Å²) in [6.07, 6.45) is 1.46. The Bertz CT molecular complexity index is 544. The van der Waals surface area contributed by atoms with Gasteiger partial charge < -0.3 is 10.1 Å². The number of halogens is 1. The van der Waals surface area contributed by atoms with Gasteiger partial charge in [0.25, 0.3) is 0 Å². The van der Waals surface area contributed by atoms with Gasteiger partial charge in [0, 0.05) is 0 Å². The summed E-state index contributed by atoms with van der Waals surface area (Å²) < 4.78 is 0. The lowest BCUT2D eigenvalue weighted by atomic mass is 10.5. The van der Waals surface area contributed by atoms with Crippen molar-refractivity contribution in [2.75, 3.05) is 0 Å². The van der Waals surface area contributed by atoms with Crippen LogP contribution in [0.2, 0.25) is 5.28 Å². The standard InChI is InChI=1S/C8H7ClN4O2S/c1-3(7(14)15)16-6-4-5(11-2-10-4)12-8(9)13-6/h2-3H,1H3,(H,14,15)(H,10,11,12,13). The molecule has 0 aliphatic rings. The van der Waals surface area contributed by atoms with Gasteiger partial charge in [-0.15, -0.1) is 0 Å². The minimum atomic E-state index is -0.910. The van der Waals surface area contributed by atoms with Gasteiger partial charge in [0.15, 0.2) is 5.65 Å². The molecule has 0 bridgehead atoms. The number of thioether (sulfide) groups is 1. The van der Waals surface area contributed by atoms with Gasteiger partial charge in [0.05, 0.1) is 6.33 Å². The Labute approximate surface area is 99.5 Å². The van der Waals surface area contributed by atoms with Crippen molar-refractivity contribution in [3.8, 4) is 0 Å². The van der Waals surface area contributed by atoms with Gasteiger partial charge in [-0.05, 0) is 18.5 Å². The fourth-order valence-corrected chi connectivity index (χ4v) is 2.14. The zero-order chi connectivity index (χ0) is 11.7. The van der Waals surface area contributed by atoms with Crippen molar-refractivity contribution >= 4 is 40.5 Å². The Kier molecular flexibility index (Phi) is 2.97. The average molecular weight is 259 g/mol. The van der Waals surface area contributed by atoms with Crippen molar-refractivity contribution in [1.82, 2.24) is 19.9 Å². The number of carbonyl (C=O) groups is 1. The summed E-state index contributed by atoms with van der Waals surface area (Å²) in [5.41, 5.74) is 1.03. The molecule has 0 amide bonds. The molecule has 0 aliphatic carbocycles. The van der Waals surface area contributed by atoms with Crippen LogP contribution in [0.3, 0.4) is 0 Å². The van der Waals surface area contributed by atoms with Crippen LogP contribution in [0.25, 0.3) is 11.2 Å². The third kappa shape index (κ3) is 2.10. The van der Waals surface area contributed by atoms with Crippen molar-refractivity contribution in [2.45, 2.75) is 17.2 Å². The summed E-state index contributed by atoms with van der Waals surface area (Å²) in [4.78, 5) is 25.4. The molecule has 2 aromatic rings. The summed E-state index contributed by atoms with van der Waals surface area (Å²) >= 11 is 6.80. The lowest BCUT2D eigenvalue weighted by Gasteiger charge is -2.05. The number of fused-ring (bicyclic) bond motifs is 1. The van der Waals surface area contributed by atoms with E-state index in [0.717, 1.165) is 11.8 Å². The van der Waals surface area contributed by atoms with Crippen molar-refractivity contribution < 1.29 is 9.90 Å².